The quantitative estimate of drug-likeness (QED) is 0.518. The number of esters is 1. The summed E-state index contributed by atoms with van der Waals surface area (Å²) in [7, 11) is 0. The lowest BCUT2D eigenvalue weighted by Gasteiger charge is -2.19. The molecule has 0 aromatic carbocycles. The van der Waals surface area contributed by atoms with Gasteiger partial charge < -0.3 is 15.2 Å². The summed E-state index contributed by atoms with van der Waals surface area (Å²) in [5, 5.41) is 0. The number of ether oxygens (including phenoxy) is 2. The van der Waals surface area contributed by atoms with Crippen LogP contribution in [0.15, 0.2) is 0 Å². The van der Waals surface area contributed by atoms with Crippen molar-refractivity contribution in [2.24, 2.45) is 5.73 Å². The number of carbonyl (C=O) groups excluding carboxylic acids is 1. The fourth-order valence-corrected chi connectivity index (χ4v) is 0.835. The normalized spacial score (nSPS) is 11.4. The third kappa shape index (κ3) is 9.48. The Morgan fingerprint density at radius 1 is 1.29 bits per heavy atom. The Labute approximate surface area is 85.8 Å². The summed E-state index contributed by atoms with van der Waals surface area (Å²) in [5.41, 5.74) is 4.87. The number of carbonyl (C=O) groups is 1. The van der Waals surface area contributed by atoms with Crippen LogP contribution in [0.5, 0.6) is 0 Å². The lowest BCUT2D eigenvalue weighted by atomic mass is 10.2. The van der Waals surface area contributed by atoms with Crippen LogP contribution < -0.4 is 5.73 Å². The zero-order valence-corrected chi connectivity index (χ0v) is 9.34. The SMILES string of the molecule is CC(C)(C)OC(=O)CCOCCCN. The zero-order valence-electron chi connectivity index (χ0n) is 9.34. The Morgan fingerprint density at radius 2 is 1.93 bits per heavy atom. The van der Waals surface area contributed by atoms with Crippen molar-refractivity contribution in [1.82, 2.24) is 0 Å². The highest BCUT2D eigenvalue weighted by atomic mass is 16.6. The minimum atomic E-state index is -0.408. The molecule has 0 aromatic rings. The summed E-state index contributed by atoms with van der Waals surface area (Å²) in [6, 6.07) is 0. The van der Waals surface area contributed by atoms with E-state index >= 15 is 0 Å². The average Bonchev–Trinajstić information content (AvgIpc) is 2.00. The van der Waals surface area contributed by atoms with Crippen LogP contribution in [0.3, 0.4) is 0 Å². The predicted molar refractivity (Wildman–Crippen MR) is 55.0 cm³/mol. The molecule has 4 heteroatoms. The fourth-order valence-electron chi connectivity index (χ4n) is 0.835. The Kier molecular flexibility index (Phi) is 6.49. The van der Waals surface area contributed by atoms with Crippen molar-refractivity contribution in [3.63, 3.8) is 0 Å². The summed E-state index contributed by atoms with van der Waals surface area (Å²) in [6.07, 6.45) is 1.14. The minimum Gasteiger partial charge on any atom is -0.460 e. The molecule has 0 rings (SSSR count). The van der Waals surface area contributed by atoms with E-state index < -0.39 is 5.60 Å². The van der Waals surface area contributed by atoms with E-state index in [1.165, 1.54) is 0 Å². The second-order valence-corrected chi connectivity index (χ2v) is 4.09. The smallest absolute Gasteiger partial charge is 0.308 e. The molecule has 0 heterocycles. The molecule has 0 aliphatic carbocycles. The van der Waals surface area contributed by atoms with Gasteiger partial charge >= 0.3 is 5.97 Å². The molecule has 0 aliphatic heterocycles. The highest BCUT2D eigenvalue weighted by Gasteiger charge is 2.15. The van der Waals surface area contributed by atoms with Crippen LogP contribution in [-0.2, 0) is 14.3 Å². The molecule has 0 spiro atoms. The first-order chi connectivity index (χ1) is 6.45. The van der Waals surface area contributed by atoms with Crippen molar-refractivity contribution in [1.29, 1.82) is 0 Å². The molecular formula is C10H21NO3. The Balaban J connectivity index is 3.36. The molecule has 0 aromatic heterocycles. The van der Waals surface area contributed by atoms with Crippen LogP contribution >= 0.6 is 0 Å². The number of hydrogen-bond acceptors (Lipinski definition) is 4. The Morgan fingerprint density at radius 3 is 2.43 bits per heavy atom. The highest BCUT2D eigenvalue weighted by molar-refractivity contribution is 5.69. The van der Waals surface area contributed by atoms with Crippen LogP contribution in [-0.4, -0.2) is 31.3 Å². The van der Waals surface area contributed by atoms with Crippen LogP contribution in [0.25, 0.3) is 0 Å². The first-order valence-corrected chi connectivity index (χ1v) is 4.95. The summed E-state index contributed by atoms with van der Waals surface area (Å²) in [6.45, 7) is 7.18. The molecule has 2 N–H and O–H groups in total. The van der Waals surface area contributed by atoms with Gasteiger partial charge in [0.15, 0.2) is 0 Å². The summed E-state index contributed by atoms with van der Waals surface area (Å²) < 4.78 is 10.3. The molecule has 84 valence electrons. The zero-order chi connectivity index (χ0) is 11.0. The van der Waals surface area contributed by atoms with Crippen molar-refractivity contribution in [3.8, 4) is 0 Å². The topological polar surface area (TPSA) is 61.5 Å². The molecule has 0 atom stereocenters. The van der Waals surface area contributed by atoms with Crippen LogP contribution in [0.2, 0.25) is 0 Å². The van der Waals surface area contributed by atoms with Crippen molar-refractivity contribution >= 4 is 5.97 Å². The first kappa shape index (κ1) is 13.4. The molecule has 4 nitrogen and oxygen atoms in total. The van der Waals surface area contributed by atoms with Crippen molar-refractivity contribution < 1.29 is 14.3 Å². The van der Waals surface area contributed by atoms with Gasteiger partial charge in [-0.1, -0.05) is 0 Å². The van der Waals surface area contributed by atoms with Gasteiger partial charge in [-0.25, -0.2) is 0 Å². The molecule has 0 saturated carbocycles. The van der Waals surface area contributed by atoms with E-state index in [1.54, 1.807) is 0 Å². The first-order valence-electron chi connectivity index (χ1n) is 4.95. The van der Waals surface area contributed by atoms with Crippen molar-refractivity contribution in [2.75, 3.05) is 19.8 Å². The Bertz CT molecular complexity index is 163. The van der Waals surface area contributed by atoms with E-state index in [2.05, 4.69) is 0 Å². The molecule has 0 saturated heterocycles. The van der Waals surface area contributed by atoms with Gasteiger partial charge in [0, 0.05) is 6.61 Å². The molecule has 14 heavy (non-hydrogen) atoms. The predicted octanol–water partition coefficient (Wildman–Crippen LogP) is 1.08. The number of nitrogens with two attached hydrogens (primary N) is 1. The van der Waals surface area contributed by atoms with Gasteiger partial charge in [0.1, 0.15) is 5.60 Å². The summed E-state index contributed by atoms with van der Waals surface area (Å²) in [5.74, 6) is -0.217. The van der Waals surface area contributed by atoms with Crippen molar-refractivity contribution in [3.05, 3.63) is 0 Å². The second kappa shape index (κ2) is 6.79. The van der Waals surface area contributed by atoms with E-state index in [-0.39, 0.29) is 5.97 Å². The lowest BCUT2D eigenvalue weighted by molar-refractivity contribution is -0.156. The van der Waals surface area contributed by atoms with Crippen LogP contribution in [0.4, 0.5) is 0 Å². The fraction of sp³-hybridized carbons (Fsp3) is 0.900. The van der Waals surface area contributed by atoms with Gasteiger partial charge in [0.25, 0.3) is 0 Å². The lowest BCUT2D eigenvalue weighted by Crippen LogP contribution is -2.24. The second-order valence-electron chi connectivity index (χ2n) is 4.09. The van der Waals surface area contributed by atoms with Crippen molar-refractivity contribution in [2.45, 2.75) is 39.2 Å². The van der Waals surface area contributed by atoms with Gasteiger partial charge in [-0.05, 0) is 33.7 Å². The maximum atomic E-state index is 11.2. The molecule has 0 radical (unpaired) electrons. The third-order valence-corrected chi connectivity index (χ3v) is 1.36. The van der Waals surface area contributed by atoms with E-state index in [9.17, 15) is 4.79 Å². The molecule has 0 aliphatic rings. The van der Waals surface area contributed by atoms with E-state index in [4.69, 9.17) is 15.2 Å². The summed E-state index contributed by atoms with van der Waals surface area (Å²) >= 11 is 0. The maximum absolute atomic E-state index is 11.2. The monoisotopic (exact) mass is 203 g/mol. The van der Waals surface area contributed by atoms with Gasteiger partial charge in [0.2, 0.25) is 0 Å². The highest BCUT2D eigenvalue weighted by Crippen LogP contribution is 2.07. The molecule has 0 amide bonds. The molecule has 0 bridgehead atoms. The molecule has 0 unspecified atom stereocenters. The standard InChI is InChI=1S/C10H21NO3/c1-10(2,3)14-9(12)5-8-13-7-4-6-11/h4-8,11H2,1-3H3. The van der Waals surface area contributed by atoms with E-state index in [1.807, 2.05) is 20.8 Å². The Hall–Kier alpha value is -0.610. The van der Waals surface area contributed by atoms with Crippen LogP contribution in [0, 0.1) is 0 Å². The molecule has 0 fully saturated rings. The van der Waals surface area contributed by atoms with Gasteiger partial charge in [-0.2, -0.15) is 0 Å². The van der Waals surface area contributed by atoms with Gasteiger partial charge in [0.05, 0.1) is 13.0 Å². The van der Waals surface area contributed by atoms with Gasteiger partial charge in [-0.3, -0.25) is 4.79 Å². The van der Waals surface area contributed by atoms with Crippen LogP contribution in [0.1, 0.15) is 33.6 Å². The number of hydrogen-bond donors (Lipinski definition) is 1. The third-order valence-electron chi connectivity index (χ3n) is 1.36. The minimum absolute atomic E-state index is 0.217. The van der Waals surface area contributed by atoms with Gasteiger partial charge in [-0.15, -0.1) is 0 Å². The largest absolute Gasteiger partial charge is 0.460 e. The molecular weight excluding hydrogens is 182 g/mol. The van der Waals surface area contributed by atoms with E-state index in [0.29, 0.717) is 26.2 Å². The average molecular weight is 203 g/mol. The van der Waals surface area contributed by atoms with E-state index in [0.717, 1.165) is 6.42 Å². The summed E-state index contributed by atoms with van der Waals surface area (Å²) in [4.78, 5) is 11.2. The maximum Gasteiger partial charge on any atom is 0.308 e. The number of rotatable bonds is 6.